The van der Waals surface area contributed by atoms with Crippen LogP contribution in [0.25, 0.3) is 5.69 Å². The van der Waals surface area contributed by atoms with E-state index in [2.05, 4.69) is 11.6 Å². The van der Waals surface area contributed by atoms with Crippen LogP contribution in [0, 0.1) is 11.2 Å². The van der Waals surface area contributed by atoms with E-state index >= 15 is 0 Å². The fourth-order valence-electron chi connectivity index (χ4n) is 3.35. The molecule has 1 saturated heterocycles. The third-order valence-corrected chi connectivity index (χ3v) is 6.29. The standard InChI is InChI=1S/C18H22FN3O2S/c1-13(2)11-25(23,24)22-12-18(3,4)16(22)17-20-8-9-21(17)15-7-5-6-14(19)10-15/h5-10,16H,1,11-12H2,2-4H3. The number of rotatable bonds is 5. The molecule has 0 N–H and O–H groups in total. The molecule has 0 bridgehead atoms. The zero-order chi connectivity index (χ0) is 18.4. The molecule has 1 fully saturated rings. The Morgan fingerprint density at radius 1 is 1.44 bits per heavy atom. The van der Waals surface area contributed by atoms with E-state index in [1.807, 2.05) is 13.8 Å². The summed E-state index contributed by atoms with van der Waals surface area (Å²) in [7, 11) is -3.47. The SMILES string of the molecule is C=C(C)CS(=O)(=O)N1CC(C)(C)C1c1nccn1-c1cccc(F)c1. The van der Waals surface area contributed by atoms with Gasteiger partial charge >= 0.3 is 0 Å². The summed E-state index contributed by atoms with van der Waals surface area (Å²) in [4.78, 5) is 4.39. The van der Waals surface area contributed by atoms with Gasteiger partial charge in [-0.2, -0.15) is 4.31 Å². The predicted octanol–water partition coefficient (Wildman–Crippen LogP) is 3.30. The van der Waals surface area contributed by atoms with Crippen LogP contribution >= 0.6 is 0 Å². The summed E-state index contributed by atoms with van der Waals surface area (Å²) in [5, 5.41) is 0. The van der Waals surface area contributed by atoms with Crippen molar-refractivity contribution in [1.29, 1.82) is 0 Å². The molecule has 1 atom stereocenters. The zero-order valence-electron chi connectivity index (χ0n) is 14.6. The molecular weight excluding hydrogens is 341 g/mol. The van der Waals surface area contributed by atoms with Gasteiger partial charge < -0.3 is 4.57 Å². The van der Waals surface area contributed by atoms with Crippen LogP contribution in [0.1, 0.15) is 32.6 Å². The van der Waals surface area contributed by atoms with E-state index < -0.39 is 16.1 Å². The topological polar surface area (TPSA) is 55.2 Å². The van der Waals surface area contributed by atoms with Gasteiger partial charge in [-0.3, -0.25) is 0 Å². The highest BCUT2D eigenvalue weighted by Crippen LogP contribution is 2.49. The minimum atomic E-state index is -3.47. The fraction of sp³-hybridized carbons (Fsp3) is 0.389. The van der Waals surface area contributed by atoms with E-state index in [1.165, 1.54) is 16.4 Å². The van der Waals surface area contributed by atoms with Crippen LogP contribution in [-0.4, -0.2) is 34.6 Å². The van der Waals surface area contributed by atoms with Crippen LogP contribution in [0.2, 0.25) is 0 Å². The smallest absolute Gasteiger partial charge is 0.218 e. The quantitative estimate of drug-likeness (QED) is 0.766. The average Bonchev–Trinajstić information content (AvgIpc) is 2.92. The number of benzene rings is 1. The molecule has 0 spiro atoms. The Morgan fingerprint density at radius 3 is 2.76 bits per heavy atom. The molecule has 0 amide bonds. The highest BCUT2D eigenvalue weighted by molar-refractivity contribution is 7.89. The first-order valence-corrected chi connectivity index (χ1v) is 9.66. The molecule has 2 aromatic rings. The number of hydrogen-bond donors (Lipinski definition) is 0. The number of nitrogens with zero attached hydrogens (tertiary/aromatic N) is 3. The molecule has 5 nitrogen and oxygen atoms in total. The Kier molecular flexibility index (Phi) is 4.33. The Morgan fingerprint density at radius 2 is 2.16 bits per heavy atom. The molecular formula is C18H22FN3O2S. The lowest BCUT2D eigenvalue weighted by molar-refractivity contribution is 0.0131. The van der Waals surface area contributed by atoms with Crippen LogP contribution < -0.4 is 0 Å². The molecule has 1 aliphatic rings. The van der Waals surface area contributed by atoms with E-state index in [-0.39, 0.29) is 17.0 Å². The molecule has 0 radical (unpaired) electrons. The monoisotopic (exact) mass is 363 g/mol. The van der Waals surface area contributed by atoms with E-state index in [0.29, 0.717) is 23.6 Å². The maximum atomic E-state index is 13.6. The Balaban J connectivity index is 2.03. The van der Waals surface area contributed by atoms with E-state index in [9.17, 15) is 12.8 Å². The second-order valence-corrected chi connectivity index (χ2v) is 9.21. The summed E-state index contributed by atoms with van der Waals surface area (Å²) < 4.78 is 42.2. The molecule has 1 aromatic carbocycles. The van der Waals surface area contributed by atoms with Crippen LogP contribution in [0.3, 0.4) is 0 Å². The van der Waals surface area contributed by atoms with Crippen molar-refractivity contribution in [3.8, 4) is 5.69 Å². The molecule has 0 saturated carbocycles. The second-order valence-electron chi connectivity index (χ2n) is 7.28. The first-order valence-electron chi connectivity index (χ1n) is 8.05. The number of imidazole rings is 1. The van der Waals surface area contributed by atoms with Gasteiger partial charge in [0.1, 0.15) is 11.6 Å². The third kappa shape index (κ3) is 3.26. The molecule has 25 heavy (non-hydrogen) atoms. The van der Waals surface area contributed by atoms with Crippen molar-refractivity contribution < 1.29 is 12.8 Å². The molecule has 134 valence electrons. The highest BCUT2D eigenvalue weighted by Gasteiger charge is 2.53. The van der Waals surface area contributed by atoms with Crippen molar-refractivity contribution in [2.75, 3.05) is 12.3 Å². The fourth-order valence-corrected chi connectivity index (χ4v) is 5.37. The van der Waals surface area contributed by atoms with E-state index in [4.69, 9.17) is 0 Å². The first-order chi connectivity index (χ1) is 11.6. The Bertz CT molecular complexity index is 918. The summed E-state index contributed by atoms with van der Waals surface area (Å²) >= 11 is 0. The molecule has 1 unspecified atom stereocenters. The first kappa shape index (κ1) is 17.8. The second kappa shape index (κ2) is 6.07. The number of aromatic nitrogens is 2. The summed E-state index contributed by atoms with van der Waals surface area (Å²) in [6.45, 7) is 9.85. The van der Waals surface area contributed by atoms with Crippen molar-refractivity contribution in [2.45, 2.75) is 26.8 Å². The van der Waals surface area contributed by atoms with Crippen molar-refractivity contribution >= 4 is 10.0 Å². The molecule has 0 aliphatic carbocycles. The normalized spacial score (nSPS) is 20.2. The van der Waals surface area contributed by atoms with Crippen LogP contribution in [0.4, 0.5) is 4.39 Å². The van der Waals surface area contributed by atoms with Crippen LogP contribution in [0.5, 0.6) is 0 Å². The van der Waals surface area contributed by atoms with Gasteiger partial charge in [0.25, 0.3) is 0 Å². The van der Waals surface area contributed by atoms with Gasteiger partial charge in [-0.15, -0.1) is 0 Å². The number of hydrogen-bond acceptors (Lipinski definition) is 3. The van der Waals surface area contributed by atoms with Gasteiger partial charge in [-0.25, -0.2) is 17.8 Å². The lowest BCUT2D eigenvalue weighted by Gasteiger charge is -2.52. The predicted molar refractivity (Wildman–Crippen MR) is 95.4 cm³/mol. The van der Waals surface area contributed by atoms with Crippen molar-refractivity contribution in [1.82, 2.24) is 13.9 Å². The van der Waals surface area contributed by atoms with Crippen molar-refractivity contribution in [3.63, 3.8) is 0 Å². The van der Waals surface area contributed by atoms with Crippen molar-refractivity contribution in [3.05, 3.63) is 60.5 Å². The van der Waals surface area contributed by atoms with Gasteiger partial charge in [0.05, 0.1) is 11.8 Å². The lowest BCUT2D eigenvalue weighted by atomic mass is 9.76. The molecule has 7 heteroatoms. The maximum Gasteiger partial charge on any atom is 0.218 e. The van der Waals surface area contributed by atoms with E-state index in [1.54, 1.807) is 36.0 Å². The summed E-state index contributed by atoms with van der Waals surface area (Å²) in [6, 6.07) is 5.76. The number of sulfonamides is 1. The van der Waals surface area contributed by atoms with Gasteiger partial charge in [-0.05, 0) is 25.1 Å². The van der Waals surface area contributed by atoms with Crippen LogP contribution in [-0.2, 0) is 10.0 Å². The number of halogens is 1. The van der Waals surface area contributed by atoms with Gasteiger partial charge in [0, 0.05) is 30.0 Å². The molecule has 2 heterocycles. The average molecular weight is 363 g/mol. The molecule has 1 aromatic heterocycles. The lowest BCUT2D eigenvalue weighted by Crippen LogP contribution is -2.58. The summed E-state index contributed by atoms with van der Waals surface area (Å²) in [5.41, 5.74) is 0.947. The van der Waals surface area contributed by atoms with Gasteiger partial charge in [0.15, 0.2) is 0 Å². The van der Waals surface area contributed by atoms with E-state index in [0.717, 1.165) is 0 Å². The maximum absolute atomic E-state index is 13.6. The van der Waals surface area contributed by atoms with Crippen molar-refractivity contribution in [2.24, 2.45) is 5.41 Å². The Labute approximate surface area is 147 Å². The minimum absolute atomic E-state index is 0.0831. The van der Waals surface area contributed by atoms with Crippen LogP contribution in [0.15, 0.2) is 48.8 Å². The summed E-state index contributed by atoms with van der Waals surface area (Å²) in [6.07, 6.45) is 3.33. The highest BCUT2D eigenvalue weighted by atomic mass is 32.2. The minimum Gasteiger partial charge on any atom is -0.302 e. The molecule has 1 aliphatic heterocycles. The molecule has 3 rings (SSSR count). The third-order valence-electron chi connectivity index (χ3n) is 4.38. The zero-order valence-corrected chi connectivity index (χ0v) is 15.4. The largest absolute Gasteiger partial charge is 0.302 e. The Hall–Kier alpha value is -1.99. The van der Waals surface area contributed by atoms with Gasteiger partial charge in [0.2, 0.25) is 10.0 Å². The summed E-state index contributed by atoms with van der Waals surface area (Å²) in [5.74, 6) is 0.157. The van der Waals surface area contributed by atoms with Gasteiger partial charge in [-0.1, -0.05) is 32.1 Å².